The van der Waals surface area contributed by atoms with Gasteiger partial charge >= 0.3 is 0 Å². The lowest BCUT2D eigenvalue weighted by Crippen LogP contribution is -2.24. The number of ether oxygens (including phenoxy) is 1. The van der Waals surface area contributed by atoms with Crippen LogP contribution < -0.4 is 10.2 Å². The molecule has 0 radical (unpaired) electrons. The van der Waals surface area contributed by atoms with Crippen LogP contribution in [0, 0.1) is 10.1 Å². The summed E-state index contributed by atoms with van der Waals surface area (Å²) in [5.41, 5.74) is 0.375. The van der Waals surface area contributed by atoms with Crippen molar-refractivity contribution in [2.45, 2.75) is 25.7 Å². The molecule has 7 nitrogen and oxygen atoms in total. The summed E-state index contributed by atoms with van der Waals surface area (Å²) < 4.78 is 10.4. The Morgan fingerprint density at radius 3 is 2.64 bits per heavy atom. The third-order valence-corrected chi connectivity index (χ3v) is 3.14. The van der Waals surface area contributed by atoms with Crippen molar-refractivity contribution >= 4 is 0 Å². The maximum absolute atomic E-state index is 11.9. The van der Waals surface area contributed by atoms with E-state index in [0.717, 1.165) is 17.9 Å². The second-order valence-corrected chi connectivity index (χ2v) is 4.76. The molecule has 1 aromatic carbocycles. The zero-order valence-corrected chi connectivity index (χ0v) is 11.8. The van der Waals surface area contributed by atoms with Gasteiger partial charge < -0.3 is 14.3 Å². The topological polar surface area (TPSA) is 103 Å². The Morgan fingerprint density at radius 1 is 1.36 bits per heavy atom. The van der Waals surface area contributed by atoms with Crippen LogP contribution >= 0.6 is 0 Å². The van der Waals surface area contributed by atoms with E-state index >= 15 is 0 Å². The summed E-state index contributed by atoms with van der Waals surface area (Å²) in [5, 5.41) is 20.4. The zero-order chi connectivity index (χ0) is 16.1. The Kier molecular flexibility index (Phi) is 4.90. The molecule has 0 bridgehead atoms. The highest BCUT2D eigenvalue weighted by atomic mass is 16.6. The van der Waals surface area contributed by atoms with Crippen molar-refractivity contribution in [1.82, 2.24) is 0 Å². The van der Waals surface area contributed by atoms with Gasteiger partial charge in [-0.15, -0.1) is 0 Å². The third-order valence-electron chi connectivity index (χ3n) is 3.14. The summed E-state index contributed by atoms with van der Waals surface area (Å²) >= 11 is 0. The van der Waals surface area contributed by atoms with Crippen molar-refractivity contribution in [3.8, 4) is 5.75 Å². The minimum absolute atomic E-state index is 0.0199. The largest absolute Gasteiger partial charge is 0.482 e. The van der Waals surface area contributed by atoms with Crippen molar-refractivity contribution in [2.75, 3.05) is 0 Å². The van der Waals surface area contributed by atoms with Gasteiger partial charge in [0.15, 0.2) is 6.10 Å². The lowest BCUT2D eigenvalue weighted by atomic mass is 10.1. The highest BCUT2D eigenvalue weighted by Crippen LogP contribution is 2.19. The number of hydrogen-bond acceptors (Lipinski definition) is 6. The van der Waals surface area contributed by atoms with E-state index in [0.29, 0.717) is 0 Å². The lowest BCUT2D eigenvalue weighted by molar-refractivity contribution is -0.531. The van der Waals surface area contributed by atoms with Gasteiger partial charge in [0.1, 0.15) is 18.6 Å². The molecular weight excluding hydrogens is 290 g/mol. The van der Waals surface area contributed by atoms with E-state index in [1.807, 2.05) is 30.3 Å². The van der Waals surface area contributed by atoms with Gasteiger partial charge in [-0.1, -0.05) is 30.3 Å². The van der Waals surface area contributed by atoms with E-state index in [-0.39, 0.29) is 18.1 Å². The first-order valence-corrected chi connectivity index (χ1v) is 6.60. The standard InChI is InChI=1S/C15H15NO6/c1-10(16(19)20)15(18)13-7-12(17)14(9-22-13)21-8-11-5-3-2-4-6-11/h2-7,9-10,15,18H,8H2,1H3/t10-,15-/m1/s1. The van der Waals surface area contributed by atoms with Crippen molar-refractivity contribution < 1.29 is 19.2 Å². The maximum atomic E-state index is 11.9. The van der Waals surface area contributed by atoms with Gasteiger partial charge in [-0.25, -0.2) is 0 Å². The van der Waals surface area contributed by atoms with Crippen molar-refractivity contribution in [2.24, 2.45) is 0 Å². The van der Waals surface area contributed by atoms with Crippen molar-refractivity contribution in [3.63, 3.8) is 0 Å². The van der Waals surface area contributed by atoms with Crippen molar-refractivity contribution in [3.05, 3.63) is 74.3 Å². The summed E-state index contributed by atoms with van der Waals surface area (Å²) in [6.45, 7) is 1.42. The minimum atomic E-state index is -1.49. The van der Waals surface area contributed by atoms with Crippen LogP contribution in [0.5, 0.6) is 5.75 Å². The molecule has 0 aliphatic heterocycles. The van der Waals surface area contributed by atoms with Gasteiger partial charge in [0, 0.05) is 17.9 Å². The fourth-order valence-corrected chi connectivity index (χ4v) is 1.76. The fraction of sp³-hybridized carbons (Fsp3) is 0.267. The SMILES string of the molecule is C[C@H]([C@@H](O)c1cc(=O)c(OCc2ccccc2)co1)[N+](=O)[O-]. The zero-order valence-electron chi connectivity index (χ0n) is 11.8. The van der Waals surface area contributed by atoms with Gasteiger partial charge in [0.05, 0.1) is 0 Å². The molecule has 0 aliphatic rings. The first-order valence-electron chi connectivity index (χ1n) is 6.60. The highest BCUT2D eigenvalue weighted by Gasteiger charge is 2.28. The fourth-order valence-electron chi connectivity index (χ4n) is 1.76. The van der Waals surface area contributed by atoms with Gasteiger partial charge in [0.2, 0.25) is 17.2 Å². The van der Waals surface area contributed by atoms with Crippen LogP contribution in [0.1, 0.15) is 24.4 Å². The molecule has 0 spiro atoms. The average molecular weight is 305 g/mol. The van der Waals surface area contributed by atoms with Crippen LogP contribution in [0.3, 0.4) is 0 Å². The Hall–Kier alpha value is -2.67. The molecule has 2 atom stereocenters. The Bertz CT molecular complexity index is 697. The number of nitrogens with zero attached hydrogens (tertiary/aromatic N) is 1. The number of nitro groups is 1. The van der Waals surface area contributed by atoms with Crippen LogP contribution in [0.2, 0.25) is 0 Å². The first-order chi connectivity index (χ1) is 10.5. The maximum Gasteiger partial charge on any atom is 0.243 e. The van der Waals surface area contributed by atoms with Crippen LogP contribution in [0.15, 0.2) is 51.9 Å². The van der Waals surface area contributed by atoms with Gasteiger partial charge in [-0.05, 0) is 5.56 Å². The van der Waals surface area contributed by atoms with Gasteiger partial charge in [-0.2, -0.15) is 0 Å². The monoisotopic (exact) mass is 305 g/mol. The smallest absolute Gasteiger partial charge is 0.243 e. The molecule has 2 rings (SSSR count). The number of benzene rings is 1. The molecule has 7 heteroatoms. The van der Waals surface area contributed by atoms with Crippen LogP contribution in [0.4, 0.5) is 0 Å². The second kappa shape index (κ2) is 6.86. The first kappa shape index (κ1) is 15.7. The molecule has 0 amide bonds. The number of hydrogen-bond donors (Lipinski definition) is 1. The van der Waals surface area contributed by atoms with E-state index in [1.54, 1.807) is 0 Å². The van der Waals surface area contributed by atoms with E-state index in [4.69, 9.17) is 9.15 Å². The summed E-state index contributed by atoms with van der Waals surface area (Å²) in [5.74, 6) is -0.185. The Morgan fingerprint density at radius 2 is 2.05 bits per heavy atom. The number of rotatable bonds is 6. The van der Waals surface area contributed by atoms with Gasteiger partial charge in [0.25, 0.3) is 0 Å². The van der Waals surface area contributed by atoms with Gasteiger partial charge in [-0.3, -0.25) is 14.9 Å². The predicted molar refractivity (Wildman–Crippen MR) is 77.2 cm³/mol. The second-order valence-electron chi connectivity index (χ2n) is 4.76. The van der Waals surface area contributed by atoms with E-state index in [9.17, 15) is 20.0 Å². The molecule has 0 saturated heterocycles. The lowest BCUT2D eigenvalue weighted by Gasteiger charge is -2.11. The van der Waals surface area contributed by atoms with E-state index in [1.165, 1.54) is 6.92 Å². The molecule has 1 heterocycles. The van der Waals surface area contributed by atoms with Crippen molar-refractivity contribution in [1.29, 1.82) is 0 Å². The quantitative estimate of drug-likeness (QED) is 0.646. The molecule has 22 heavy (non-hydrogen) atoms. The highest BCUT2D eigenvalue weighted by molar-refractivity contribution is 5.20. The minimum Gasteiger partial charge on any atom is -0.482 e. The molecule has 116 valence electrons. The molecule has 0 aliphatic carbocycles. The molecule has 2 aromatic rings. The molecule has 0 saturated carbocycles. The van der Waals surface area contributed by atoms with Crippen LogP contribution in [-0.4, -0.2) is 16.1 Å². The molecule has 0 unspecified atom stereocenters. The Balaban J connectivity index is 2.10. The van der Waals surface area contributed by atoms with E-state index in [2.05, 4.69) is 0 Å². The molecule has 1 N–H and O–H groups in total. The Labute approximate surface area is 125 Å². The third kappa shape index (κ3) is 3.70. The number of aliphatic hydroxyl groups excluding tert-OH is 1. The van der Waals surface area contributed by atoms with Crippen LogP contribution in [0.25, 0.3) is 0 Å². The predicted octanol–water partition coefficient (Wildman–Crippen LogP) is 1.92. The molecule has 1 aromatic heterocycles. The number of aliphatic hydroxyl groups is 1. The average Bonchev–Trinajstić information content (AvgIpc) is 2.53. The summed E-state index contributed by atoms with van der Waals surface area (Å²) in [6, 6.07) is 8.98. The summed E-state index contributed by atoms with van der Waals surface area (Å²) in [7, 11) is 0. The molecular formula is C15H15NO6. The summed E-state index contributed by atoms with van der Waals surface area (Å²) in [4.78, 5) is 21.9. The normalized spacial score (nSPS) is 13.4. The summed E-state index contributed by atoms with van der Waals surface area (Å²) in [6.07, 6.45) is -0.442. The van der Waals surface area contributed by atoms with E-state index < -0.39 is 22.5 Å². The molecule has 0 fully saturated rings. The van der Waals surface area contributed by atoms with Crippen LogP contribution in [-0.2, 0) is 6.61 Å².